The van der Waals surface area contributed by atoms with Crippen LogP contribution in [0.4, 0.5) is 10.1 Å². The molecule has 0 aliphatic carbocycles. The average Bonchev–Trinajstić information content (AvgIpc) is 3.21. The lowest BCUT2D eigenvalue weighted by Crippen LogP contribution is -2.38. The summed E-state index contributed by atoms with van der Waals surface area (Å²) < 4.78 is 24.9. The number of halogens is 1. The Hall–Kier alpha value is -2.97. The van der Waals surface area contributed by atoms with Crippen LogP contribution in [0.5, 0.6) is 5.75 Å². The van der Waals surface area contributed by atoms with E-state index in [1.54, 1.807) is 12.1 Å². The molecular weight excluding hydrogens is 411 g/mol. The highest BCUT2D eigenvalue weighted by Gasteiger charge is 2.24. The number of hydrazone groups is 1. The average molecular weight is 441 g/mol. The predicted octanol–water partition coefficient (Wildman–Crippen LogP) is 3.08. The van der Waals surface area contributed by atoms with E-state index in [9.17, 15) is 9.18 Å². The van der Waals surface area contributed by atoms with Crippen LogP contribution in [-0.2, 0) is 16.0 Å². The summed E-state index contributed by atoms with van der Waals surface area (Å²) in [6.07, 6.45) is 2.77. The molecule has 2 aromatic rings. The van der Waals surface area contributed by atoms with Crippen molar-refractivity contribution in [2.75, 3.05) is 51.8 Å². The van der Waals surface area contributed by atoms with Crippen molar-refractivity contribution in [2.45, 2.75) is 18.9 Å². The first-order valence-corrected chi connectivity index (χ1v) is 10.9. The number of nitrogens with zero attached hydrogens (tertiary/aromatic N) is 3. The van der Waals surface area contributed by atoms with Crippen LogP contribution in [0.15, 0.2) is 47.6 Å². The van der Waals surface area contributed by atoms with Gasteiger partial charge in [0.2, 0.25) is 5.91 Å². The van der Waals surface area contributed by atoms with Crippen molar-refractivity contribution in [1.29, 1.82) is 0 Å². The molecule has 7 nitrogen and oxygen atoms in total. The first kappa shape index (κ1) is 22.2. The smallest absolute Gasteiger partial charge is 0.228 e. The first-order valence-electron chi connectivity index (χ1n) is 10.9. The Morgan fingerprint density at radius 2 is 2.09 bits per heavy atom. The van der Waals surface area contributed by atoms with Gasteiger partial charge in [0.1, 0.15) is 18.2 Å². The van der Waals surface area contributed by atoms with E-state index in [1.165, 1.54) is 12.1 Å². The minimum absolute atomic E-state index is 0.0495. The van der Waals surface area contributed by atoms with Crippen molar-refractivity contribution in [2.24, 2.45) is 5.10 Å². The molecule has 0 aromatic heterocycles. The number of carbonyl (C=O) groups excluding carboxylic acids is 1. The van der Waals surface area contributed by atoms with E-state index in [0.29, 0.717) is 17.9 Å². The number of carbonyl (C=O) groups is 1. The van der Waals surface area contributed by atoms with Crippen molar-refractivity contribution in [3.63, 3.8) is 0 Å². The predicted molar refractivity (Wildman–Crippen MR) is 122 cm³/mol. The van der Waals surface area contributed by atoms with Crippen LogP contribution in [0.25, 0.3) is 0 Å². The van der Waals surface area contributed by atoms with E-state index in [0.717, 1.165) is 50.6 Å². The fourth-order valence-electron chi connectivity index (χ4n) is 4.00. The Morgan fingerprint density at radius 1 is 1.25 bits per heavy atom. The molecule has 0 bridgehead atoms. The summed E-state index contributed by atoms with van der Waals surface area (Å²) in [4.78, 5) is 14.8. The van der Waals surface area contributed by atoms with E-state index in [1.807, 2.05) is 36.5 Å². The van der Waals surface area contributed by atoms with Gasteiger partial charge >= 0.3 is 0 Å². The molecule has 1 amide bonds. The standard InChI is InChI=1S/C24H29FN4O3/c1-28-22(7-8-26-28)21-17-20(27-24(30)16-18-3-2-4-19(25)15-18)5-6-23(21)32-14-11-29-9-12-31-13-10-29/h2-6,8,15,17,22H,7,9-14,16H2,1H3,(H,27,30). The van der Waals surface area contributed by atoms with Gasteiger partial charge in [-0.15, -0.1) is 0 Å². The summed E-state index contributed by atoms with van der Waals surface area (Å²) in [5, 5.41) is 9.18. The van der Waals surface area contributed by atoms with E-state index in [4.69, 9.17) is 9.47 Å². The molecule has 2 aliphatic heterocycles. The molecular formula is C24H29FN4O3. The Kier molecular flexibility index (Phi) is 7.34. The minimum Gasteiger partial charge on any atom is -0.492 e. The van der Waals surface area contributed by atoms with Gasteiger partial charge in [0.05, 0.1) is 25.7 Å². The summed E-state index contributed by atoms with van der Waals surface area (Å²) in [5.41, 5.74) is 2.30. The van der Waals surface area contributed by atoms with Crippen molar-refractivity contribution in [3.05, 3.63) is 59.4 Å². The molecule has 2 aliphatic rings. The van der Waals surface area contributed by atoms with Crippen LogP contribution < -0.4 is 10.1 Å². The van der Waals surface area contributed by atoms with Gasteiger partial charge in [-0.3, -0.25) is 14.7 Å². The third-order valence-electron chi connectivity index (χ3n) is 5.72. The van der Waals surface area contributed by atoms with E-state index in [2.05, 4.69) is 15.3 Å². The van der Waals surface area contributed by atoms with Gasteiger partial charge in [0, 0.05) is 50.6 Å². The lowest BCUT2D eigenvalue weighted by atomic mass is 10.0. The maximum Gasteiger partial charge on any atom is 0.228 e. The Morgan fingerprint density at radius 3 is 2.84 bits per heavy atom. The number of amides is 1. The third kappa shape index (κ3) is 5.83. The Bertz CT molecular complexity index is 962. The van der Waals surface area contributed by atoms with Gasteiger partial charge < -0.3 is 14.8 Å². The zero-order valence-corrected chi connectivity index (χ0v) is 18.3. The van der Waals surface area contributed by atoms with Gasteiger partial charge in [-0.2, -0.15) is 5.10 Å². The molecule has 32 heavy (non-hydrogen) atoms. The van der Waals surface area contributed by atoms with Crippen molar-refractivity contribution in [3.8, 4) is 5.75 Å². The quantitative estimate of drug-likeness (QED) is 0.684. The lowest BCUT2D eigenvalue weighted by molar-refractivity contribution is -0.115. The molecule has 8 heteroatoms. The topological polar surface area (TPSA) is 66.4 Å². The van der Waals surface area contributed by atoms with Gasteiger partial charge in [-0.25, -0.2) is 4.39 Å². The molecule has 0 radical (unpaired) electrons. The summed E-state index contributed by atoms with van der Waals surface area (Å²) >= 11 is 0. The minimum atomic E-state index is -0.347. The molecule has 1 atom stereocenters. The van der Waals surface area contributed by atoms with Gasteiger partial charge in [0.25, 0.3) is 0 Å². The number of anilines is 1. The maximum absolute atomic E-state index is 13.4. The summed E-state index contributed by atoms with van der Waals surface area (Å²) in [7, 11) is 1.93. The zero-order valence-electron chi connectivity index (χ0n) is 18.3. The number of hydrogen-bond acceptors (Lipinski definition) is 6. The Labute approximate surface area is 187 Å². The first-order chi connectivity index (χ1) is 15.6. The second-order valence-corrected chi connectivity index (χ2v) is 8.03. The van der Waals surface area contributed by atoms with E-state index < -0.39 is 0 Å². The van der Waals surface area contributed by atoms with Gasteiger partial charge in [-0.1, -0.05) is 12.1 Å². The second kappa shape index (κ2) is 10.6. The van der Waals surface area contributed by atoms with Crippen molar-refractivity contribution < 1.29 is 18.7 Å². The van der Waals surface area contributed by atoms with Crippen LogP contribution >= 0.6 is 0 Å². The number of benzene rings is 2. The molecule has 1 fully saturated rings. The zero-order chi connectivity index (χ0) is 22.3. The summed E-state index contributed by atoms with van der Waals surface area (Å²) in [6.45, 7) is 4.79. The van der Waals surface area contributed by atoms with Crippen LogP contribution in [0, 0.1) is 5.82 Å². The van der Waals surface area contributed by atoms with Gasteiger partial charge in [0.15, 0.2) is 0 Å². The van der Waals surface area contributed by atoms with Crippen LogP contribution in [0.2, 0.25) is 0 Å². The van der Waals surface area contributed by atoms with Crippen molar-refractivity contribution in [1.82, 2.24) is 9.91 Å². The monoisotopic (exact) mass is 440 g/mol. The summed E-state index contributed by atoms with van der Waals surface area (Å²) in [6, 6.07) is 11.8. The molecule has 1 N–H and O–H groups in total. The van der Waals surface area contributed by atoms with E-state index >= 15 is 0 Å². The number of morpholine rings is 1. The number of rotatable bonds is 8. The van der Waals surface area contributed by atoms with Gasteiger partial charge in [-0.05, 0) is 35.9 Å². The molecule has 1 saturated heterocycles. The molecule has 170 valence electrons. The highest BCUT2D eigenvalue weighted by Crippen LogP contribution is 2.35. The highest BCUT2D eigenvalue weighted by molar-refractivity contribution is 5.92. The lowest BCUT2D eigenvalue weighted by Gasteiger charge is -2.27. The molecule has 4 rings (SSSR count). The fraction of sp³-hybridized carbons (Fsp3) is 0.417. The normalized spacial score (nSPS) is 18.7. The van der Waals surface area contributed by atoms with Crippen LogP contribution in [0.3, 0.4) is 0 Å². The summed E-state index contributed by atoms with van der Waals surface area (Å²) in [5.74, 6) is 0.253. The van der Waals surface area contributed by atoms with Crippen LogP contribution in [-0.4, -0.2) is 68.5 Å². The fourth-order valence-corrected chi connectivity index (χ4v) is 4.00. The van der Waals surface area contributed by atoms with Crippen LogP contribution in [0.1, 0.15) is 23.6 Å². The molecule has 1 unspecified atom stereocenters. The molecule has 0 spiro atoms. The maximum atomic E-state index is 13.4. The SMILES string of the molecule is CN1N=CCC1c1cc(NC(=O)Cc2cccc(F)c2)ccc1OCCN1CCOCC1. The largest absolute Gasteiger partial charge is 0.492 e. The number of nitrogens with one attached hydrogen (secondary N) is 1. The second-order valence-electron chi connectivity index (χ2n) is 8.03. The molecule has 0 saturated carbocycles. The molecule has 2 aromatic carbocycles. The number of hydrogen-bond donors (Lipinski definition) is 1. The highest BCUT2D eigenvalue weighted by atomic mass is 19.1. The number of ether oxygens (including phenoxy) is 2. The Balaban J connectivity index is 1.43. The van der Waals surface area contributed by atoms with Crippen molar-refractivity contribution >= 4 is 17.8 Å². The molecule has 2 heterocycles. The van der Waals surface area contributed by atoms with E-state index in [-0.39, 0.29) is 24.2 Å². The third-order valence-corrected chi connectivity index (χ3v) is 5.72.